The molecule has 1 heterocycles. The van der Waals surface area contributed by atoms with Crippen LogP contribution in [0.4, 0.5) is 0 Å². The molecule has 2 N–H and O–H groups in total. The number of halogens is 1. The number of aliphatic imine (C=N–C) groups is 1. The van der Waals surface area contributed by atoms with E-state index in [9.17, 15) is 9.59 Å². The number of methoxy groups -OCH3 is 1. The van der Waals surface area contributed by atoms with Crippen LogP contribution < -0.4 is 10.6 Å². The van der Waals surface area contributed by atoms with Gasteiger partial charge in [0, 0.05) is 53.9 Å². The predicted octanol–water partition coefficient (Wildman–Crippen LogP) is 0.219. The number of ether oxygens (including phenoxy) is 1. The summed E-state index contributed by atoms with van der Waals surface area (Å²) in [5.74, 6) is 0.722. The van der Waals surface area contributed by atoms with Gasteiger partial charge in [-0.2, -0.15) is 0 Å². The molecule has 0 aromatic heterocycles. The van der Waals surface area contributed by atoms with Gasteiger partial charge in [-0.1, -0.05) is 30.3 Å². The average Bonchev–Trinajstić information content (AvgIpc) is 2.75. The van der Waals surface area contributed by atoms with E-state index in [1.165, 1.54) is 0 Å². The highest BCUT2D eigenvalue weighted by Gasteiger charge is 2.21. The van der Waals surface area contributed by atoms with Gasteiger partial charge in [-0.15, -0.1) is 24.0 Å². The second kappa shape index (κ2) is 15.0. The molecule has 31 heavy (non-hydrogen) atoms. The smallest absolute Gasteiger partial charge is 0.241 e. The summed E-state index contributed by atoms with van der Waals surface area (Å²) in [5, 5.41) is 6.05. The van der Waals surface area contributed by atoms with Crippen molar-refractivity contribution in [3.63, 3.8) is 0 Å². The molecule has 0 aliphatic carbocycles. The van der Waals surface area contributed by atoms with Crippen LogP contribution in [0.15, 0.2) is 35.3 Å². The van der Waals surface area contributed by atoms with Crippen molar-refractivity contribution < 1.29 is 14.3 Å². The molecule has 10 heteroatoms. The van der Waals surface area contributed by atoms with E-state index >= 15 is 0 Å². The quantitative estimate of drug-likeness (QED) is 0.200. The number of hydrogen-bond acceptors (Lipinski definition) is 5. The van der Waals surface area contributed by atoms with Crippen LogP contribution in [0.5, 0.6) is 0 Å². The molecule has 0 spiro atoms. The molecule has 0 atom stereocenters. The summed E-state index contributed by atoms with van der Waals surface area (Å²) in [4.78, 5) is 34.6. The highest BCUT2D eigenvalue weighted by atomic mass is 127. The third kappa shape index (κ3) is 10.3. The Balaban J connectivity index is 0.00000480. The van der Waals surface area contributed by atoms with E-state index in [4.69, 9.17) is 9.73 Å². The second-order valence-corrected chi connectivity index (χ2v) is 7.37. The Kier molecular flexibility index (Phi) is 13.1. The molecular formula is C21H35IN6O3. The van der Waals surface area contributed by atoms with Crippen molar-refractivity contribution in [1.29, 1.82) is 0 Å². The molecule has 9 nitrogen and oxygen atoms in total. The average molecular weight is 546 g/mol. The number of nitrogens with zero attached hydrogens (tertiary/aromatic N) is 4. The Bertz CT molecular complexity index is 694. The Morgan fingerprint density at radius 1 is 1.10 bits per heavy atom. The number of benzene rings is 1. The van der Waals surface area contributed by atoms with Gasteiger partial charge in [0.1, 0.15) is 0 Å². The number of amides is 2. The molecule has 1 saturated heterocycles. The van der Waals surface area contributed by atoms with Crippen LogP contribution in [0, 0.1) is 0 Å². The molecule has 2 amide bonds. The summed E-state index contributed by atoms with van der Waals surface area (Å²) in [5.41, 5.74) is 1.11. The Labute approximate surface area is 202 Å². The second-order valence-electron chi connectivity index (χ2n) is 7.37. The van der Waals surface area contributed by atoms with Crippen LogP contribution >= 0.6 is 24.0 Å². The maximum Gasteiger partial charge on any atom is 0.241 e. The first kappa shape index (κ1) is 27.1. The minimum atomic E-state index is -0.00576. The number of carbonyl (C=O) groups is 2. The molecule has 1 aliphatic rings. The summed E-state index contributed by atoms with van der Waals surface area (Å²) in [6, 6.07) is 10.0. The van der Waals surface area contributed by atoms with Crippen molar-refractivity contribution in [2.24, 2.45) is 4.99 Å². The van der Waals surface area contributed by atoms with E-state index in [1.54, 1.807) is 26.1 Å². The lowest BCUT2D eigenvalue weighted by Crippen LogP contribution is -2.55. The lowest BCUT2D eigenvalue weighted by atomic mass is 10.2. The zero-order valence-electron chi connectivity index (χ0n) is 18.7. The van der Waals surface area contributed by atoms with Crippen molar-refractivity contribution in [2.45, 2.75) is 6.54 Å². The maximum atomic E-state index is 12.0. The topological polar surface area (TPSA) is 89.5 Å². The molecular weight excluding hydrogens is 511 g/mol. The third-order valence-corrected chi connectivity index (χ3v) is 4.82. The lowest BCUT2D eigenvalue weighted by Gasteiger charge is -2.36. The van der Waals surface area contributed by atoms with Gasteiger partial charge < -0.3 is 25.2 Å². The molecule has 1 aromatic carbocycles. The van der Waals surface area contributed by atoms with E-state index in [0.717, 1.165) is 37.7 Å². The fourth-order valence-corrected chi connectivity index (χ4v) is 3.00. The van der Waals surface area contributed by atoms with E-state index in [2.05, 4.69) is 20.4 Å². The Morgan fingerprint density at radius 3 is 2.39 bits per heavy atom. The van der Waals surface area contributed by atoms with Crippen molar-refractivity contribution >= 4 is 41.8 Å². The molecule has 0 unspecified atom stereocenters. The summed E-state index contributed by atoms with van der Waals surface area (Å²) >= 11 is 0. The number of rotatable bonds is 9. The van der Waals surface area contributed by atoms with Crippen molar-refractivity contribution in [3.05, 3.63) is 35.9 Å². The van der Waals surface area contributed by atoms with Gasteiger partial charge in [-0.05, 0) is 5.56 Å². The molecule has 1 aromatic rings. The SMILES string of the molecule is COCCNC(=O)CN1CCN(C(=NCc2ccccc2)NCC(=O)N(C)C)CC1.I. The van der Waals surface area contributed by atoms with Gasteiger partial charge >= 0.3 is 0 Å². The zero-order chi connectivity index (χ0) is 21.8. The number of nitrogens with one attached hydrogen (secondary N) is 2. The zero-order valence-corrected chi connectivity index (χ0v) is 21.0. The normalized spacial score (nSPS) is 14.5. The van der Waals surface area contributed by atoms with Crippen LogP contribution in [-0.4, -0.2) is 106 Å². The summed E-state index contributed by atoms with van der Waals surface area (Å²) in [7, 11) is 5.09. The number of piperazine rings is 1. The molecule has 0 radical (unpaired) electrons. The highest BCUT2D eigenvalue weighted by Crippen LogP contribution is 2.05. The standard InChI is InChI=1S/C21H34N6O3.HI/c1-25(2)20(29)16-24-21(23-15-18-7-5-4-6-8-18)27-12-10-26(11-13-27)17-19(28)22-9-14-30-3;/h4-8H,9-17H2,1-3H3,(H,22,28)(H,23,24);1H. The van der Waals surface area contributed by atoms with Gasteiger partial charge in [0.25, 0.3) is 0 Å². The molecule has 0 bridgehead atoms. The van der Waals surface area contributed by atoms with Gasteiger partial charge in [0.05, 0.1) is 26.2 Å². The summed E-state index contributed by atoms with van der Waals surface area (Å²) < 4.78 is 4.95. The fraction of sp³-hybridized carbons (Fsp3) is 0.571. The first-order valence-corrected chi connectivity index (χ1v) is 10.2. The molecule has 0 saturated carbocycles. The summed E-state index contributed by atoms with van der Waals surface area (Å²) in [6.07, 6.45) is 0. The number of guanidine groups is 1. The fourth-order valence-electron chi connectivity index (χ4n) is 3.00. The highest BCUT2D eigenvalue weighted by molar-refractivity contribution is 14.0. The minimum Gasteiger partial charge on any atom is -0.383 e. The van der Waals surface area contributed by atoms with E-state index in [-0.39, 0.29) is 42.3 Å². The van der Waals surface area contributed by atoms with Crippen LogP contribution in [0.2, 0.25) is 0 Å². The van der Waals surface area contributed by atoms with Crippen LogP contribution in [0.3, 0.4) is 0 Å². The van der Waals surface area contributed by atoms with Gasteiger partial charge in [0.15, 0.2) is 5.96 Å². The van der Waals surface area contributed by atoms with Gasteiger partial charge in [-0.25, -0.2) is 4.99 Å². The molecule has 1 fully saturated rings. The molecule has 174 valence electrons. The number of likely N-dealkylation sites (N-methyl/N-ethyl adjacent to an activating group) is 1. The van der Waals surface area contributed by atoms with Crippen molar-refractivity contribution in [3.8, 4) is 0 Å². The largest absolute Gasteiger partial charge is 0.383 e. The molecule has 2 rings (SSSR count). The number of hydrogen-bond donors (Lipinski definition) is 2. The molecule has 1 aliphatic heterocycles. The van der Waals surface area contributed by atoms with Crippen LogP contribution in [0.25, 0.3) is 0 Å². The van der Waals surface area contributed by atoms with E-state index in [0.29, 0.717) is 26.2 Å². The predicted molar refractivity (Wildman–Crippen MR) is 133 cm³/mol. The van der Waals surface area contributed by atoms with Crippen molar-refractivity contribution in [1.82, 2.24) is 25.3 Å². The van der Waals surface area contributed by atoms with E-state index < -0.39 is 0 Å². The maximum absolute atomic E-state index is 12.0. The van der Waals surface area contributed by atoms with Gasteiger partial charge in [-0.3, -0.25) is 14.5 Å². The first-order valence-electron chi connectivity index (χ1n) is 10.2. The van der Waals surface area contributed by atoms with Crippen LogP contribution in [0.1, 0.15) is 5.56 Å². The Hall–Kier alpha value is -1.92. The Morgan fingerprint density at radius 2 is 1.77 bits per heavy atom. The number of carbonyl (C=O) groups excluding carboxylic acids is 2. The lowest BCUT2D eigenvalue weighted by molar-refractivity contribution is -0.127. The first-order chi connectivity index (χ1) is 14.5. The third-order valence-electron chi connectivity index (χ3n) is 4.82. The summed E-state index contributed by atoms with van der Waals surface area (Å²) in [6.45, 7) is 5.14. The minimum absolute atomic E-state index is 0. The van der Waals surface area contributed by atoms with Crippen LogP contribution in [-0.2, 0) is 20.9 Å². The van der Waals surface area contributed by atoms with Gasteiger partial charge in [0.2, 0.25) is 11.8 Å². The van der Waals surface area contributed by atoms with E-state index in [1.807, 2.05) is 30.3 Å². The monoisotopic (exact) mass is 546 g/mol. The van der Waals surface area contributed by atoms with Crippen molar-refractivity contribution in [2.75, 3.05) is 73.6 Å².